The van der Waals surface area contributed by atoms with Gasteiger partial charge in [-0.25, -0.2) is 8.42 Å². The summed E-state index contributed by atoms with van der Waals surface area (Å²) in [6, 6.07) is 6.61. The van der Waals surface area contributed by atoms with Crippen molar-refractivity contribution in [2.45, 2.75) is 20.8 Å². The zero-order valence-corrected chi connectivity index (χ0v) is 13.2. The second-order valence-electron chi connectivity index (χ2n) is 5.02. The summed E-state index contributed by atoms with van der Waals surface area (Å²) in [5.74, 6) is 0.195. The average Bonchev–Trinajstić information content (AvgIpc) is 2.43. The molecular weight excluding hydrogens is 276 g/mol. The number of anilines is 1. The van der Waals surface area contributed by atoms with Gasteiger partial charge < -0.3 is 5.32 Å². The Kier molecular flexibility index (Phi) is 5.56. The number of nitrogens with zero attached hydrogens (tertiary/aromatic N) is 1. The van der Waals surface area contributed by atoms with Gasteiger partial charge in [-0.1, -0.05) is 19.9 Å². The Balaban J connectivity index is 2.94. The Bertz CT molecular complexity index is 568. The molecule has 112 valence electrons. The minimum absolute atomic E-state index is 0.0211. The zero-order valence-electron chi connectivity index (χ0n) is 12.4. The molecule has 0 aliphatic heterocycles. The molecule has 0 atom stereocenters. The molecule has 0 heterocycles. The van der Waals surface area contributed by atoms with Crippen LogP contribution < -0.4 is 9.62 Å². The van der Waals surface area contributed by atoms with Gasteiger partial charge in [0.1, 0.15) is 0 Å². The van der Waals surface area contributed by atoms with E-state index in [0.717, 1.165) is 0 Å². The van der Waals surface area contributed by atoms with Gasteiger partial charge in [0, 0.05) is 19.2 Å². The van der Waals surface area contributed by atoms with Gasteiger partial charge in [-0.2, -0.15) is 0 Å². The number of sulfonamides is 1. The molecule has 1 N–H and O–H groups in total. The number of hydrogen-bond acceptors (Lipinski definition) is 3. The van der Waals surface area contributed by atoms with Crippen molar-refractivity contribution in [3.8, 4) is 0 Å². The molecule has 6 heteroatoms. The summed E-state index contributed by atoms with van der Waals surface area (Å²) < 4.78 is 24.8. The molecule has 1 rings (SSSR count). The van der Waals surface area contributed by atoms with Crippen LogP contribution in [-0.4, -0.2) is 33.7 Å². The van der Waals surface area contributed by atoms with E-state index in [9.17, 15) is 13.2 Å². The van der Waals surface area contributed by atoms with Crippen LogP contribution in [0.15, 0.2) is 24.3 Å². The fourth-order valence-electron chi connectivity index (χ4n) is 1.60. The lowest BCUT2D eigenvalue weighted by Crippen LogP contribution is -2.29. The van der Waals surface area contributed by atoms with Crippen molar-refractivity contribution in [1.82, 2.24) is 5.32 Å². The zero-order chi connectivity index (χ0) is 15.3. The Morgan fingerprint density at radius 2 is 2.00 bits per heavy atom. The van der Waals surface area contributed by atoms with E-state index >= 15 is 0 Å². The molecule has 0 spiro atoms. The van der Waals surface area contributed by atoms with E-state index < -0.39 is 10.0 Å². The highest BCUT2D eigenvalue weighted by atomic mass is 32.2. The lowest BCUT2D eigenvalue weighted by atomic mass is 10.1. The van der Waals surface area contributed by atoms with Crippen molar-refractivity contribution in [1.29, 1.82) is 0 Å². The molecule has 0 aromatic heterocycles. The number of benzene rings is 1. The van der Waals surface area contributed by atoms with Crippen LogP contribution in [0.3, 0.4) is 0 Å². The van der Waals surface area contributed by atoms with Crippen LogP contribution in [0.5, 0.6) is 0 Å². The smallest absolute Gasteiger partial charge is 0.251 e. The quantitative estimate of drug-likeness (QED) is 0.871. The van der Waals surface area contributed by atoms with E-state index in [-0.39, 0.29) is 11.7 Å². The van der Waals surface area contributed by atoms with Gasteiger partial charge in [0.25, 0.3) is 5.91 Å². The number of nitrogens with one attached hydrogen (secondary N) is 1. The molecule has 5 nitrogen and oxygen atoms in total. The second-order valence-corrected chi connectivity index (χ2v) is 7.31. The van der Waals surface area contributed by atoms with Crippen molar-refractivity contribution < 1.29 is 13.2 Å². The first-order chi connectivity index (χ1) is 9.27. The molecule has 1 amide bonds. The molecule has 0 fully saturated rings. The summed E-state index contributed by atoms with van der Waals surface area (Å²) in [5.41, 5.74) is 0.949. The van der Waals surface area contributed by atoms with Gasteiger partial charge in [-0.3, -0.25) is 9.10 Å². The topological polar surface area (TPSA) is 66.5 Å². The van der Waals surface area contributed by atoms with Crippen molar-refractivity contribution in [3.05, 3.63) is 29.8 Å². The molecular formula is C14H22N2O3S. The molecule has 0 aliphatic rings. The number of carbonyl (C=O) groups excluding carboxylic acids is 1. The normalized spacial score (nSPS) is 11.4. The van der Waals surface area contributed by atoms with Crippen LogP contribution in [0.1, 0.15) is 31.1 Å². The molecule has 1 aromatic rings. The predicted octanol–water partition coefficient (Wildman–Crippen LogP) is 1.86. The van der Waals surface area contributed by atoms with Crippen molar-refractivity contribution in [3.63, 3.8) is 0 Å². The van der Waals surface area contributed by atoms with Crippen LogP contribution in [0.4, 0.5) is 5.69 Å². The van der Waals surface area contributed by atoms with Crippen molar-refractivity contribution >= 4 is 21.6 Å². The fourth-order valence-corrected chi connectivity index (χ4v) is 2.42. The minimum atomic E-state index is -3.32. The maximum absolute atomic E-state index is 12.0. The van der Waals surface area contributed by atoms with E-state index in [4.69, 9.17) is 0 Å². The van der Waals surface area contributed by atoms with Crippen LogP contribution >= 0.6 is 0 Å². The summed E-state index contributed by atoms with van der Waals surface area (Å²) in [7, 11) is -1.83. The van der Waals surface area contributed by atoms with Crippen LogP contribution in [0.25, 0.3) is 0 Å². The van der Waals surface area contributed by atoms with Gasteiger partial charge in [0.05, 0.1) is 11.4 Å². The summed E-state index contributed by atoms with van der Waals surface area (Å²) in [6.07, 6.45) is 0. The predicted molar refractivity (Wildman–Crippen MR) is 81.5 cm³/mol. The largest absolute Gasteiger partial charge is 0.352 e. The minimum Gasteiger partial charge on any atom is -0.352 e. The summed E-state index contributed by atoms with van der Waals surface area (Å²) in [5, 5.41) is 2.81. The van der Waals surface area contributed by atoms with Gasteiger partial charge in [-0.15, -0.1) is 0 Å². The van der Waals surface area contributed by atoms with Gasteiger partial charge in [0.15, 0.2) is 0 Å². The summed E-state index contributed by atoms with van der Waals surface area (Å²) in [6.45, 7) is 6.20. The van der Waals surface area contributed by atoms with Gasteiger partial charge in [-0.05, 0) is 31.0 Å². The molecule has 0 aliphatic carbocycles. The molecule has 0 bridgehead atoms. The summed E-state index contributed by atoms with van der Waals surface area (Å²) >= 11 is 0. The standard InChI is InChI=1S/C14H22N2O3S/c1-5-20(18,19)16(4)13-8-6-7-12(9-13)14(17)15-10-11(2)3/h6-9,11H,5,10H2,1-4H3,(H,15,17). The average molecular weight is 298 g/mol. The lowest BCUT2D eigenvalue weighted by Gasteiger charge is -2.19. The Labute approximate surface area is 121 Å². The van der Waals surface area contributed by atoms with Gasteiger partial charge in [0.2, 0.25) is 10.0 Å². The monoisotopic (exact) mass is 298 g/mol. The maximum Gasteiger partial charge on any atom is 0.251 e. The SMILES string of the molecule is CCS(=O)(=O)N(C)c1cccc(C(=O)NCC(C)C)c1. The Morgan fingerprint density at radius 1 is 1.35 bits per heavy atom. The molecule has 0 unspecified atom stereocenters. The number of rotatable bonds is 6. The first-order valence-electron chi connectivity index (χ1n) is 6.62. The van der Waals surface area contributed by atoms with Gasteiger partial charge >= 0.3 is 0 Å². The first-order valence-corrected chi connectivity index (χ1v) is 8.23. The van der Waals surface area contributed by atoms with Crippen molar-refractivity contribution in [2.24, 2.45) is 5.92 Å². The molecule has 20 heavy (non-hydrogen) atoms. The highest BCUT2D eigenvalue weighted by Gasteiger charge is 2.17. The number of amides is 1. The highest BCUT2D eigenvalue weighted by molar-refractivity contribution is 7.92. The molecule has 0 saturated carbocycles. The van der Waals surface area contributed by atoms with Crippen LogP contribution in [0.2, 0.25) is 0 Å². The number of carbonyl (C=O) groups is 1. The van der Waals surface area contributed by atoms with Crippen LogP contribution in [-0.2, 0) is 10.0 Å². The summed E-state index contributed by atoms with van der Waals surface area (Å²) in [4.78, 5) is 12.0. The maximum atomic E-state index is 12.0. The number of hydrogen-bond donors (Lipinski definition) is 1. The molecule has 0 saturated heterocycles. The van der Waals surface area contributed by atoms with E-state index in [2.05, 4.69) is 5.32 Å². The van der Waals surface area contributed by atoms with E-state index in [1.807, 2.05) is 13.8 Å². The Hall–Kier alpha value is -1.56. The highest BCUT2D eigenvalue weighted by Crippen LogP contribution is 2.18. The van der Waals surface area contributed by atoms with E-state index in [0.29, 0.717) is 23.7 Å². The third-order valence-corrected chi connectivity index (χ3v) is 4.70. The molecule has 1 aromatic carbocycles. The van der Waals surface area contributed by atoms with Crippen molar-refractivity contribution in [2.75, 3.05) is 23.7 Å². The van der Waals surface area contributed by atoms with E-state index in [1.165, 1.54) is 11.4 Å². The Morgan fingerprint density at radius 3 is 2.55 bits per heavy atom. The fraction of sp³-hybridized carbons (Fsp3) is 0.500. The van der Waals surface area contributed by atoms with E-state index in [1.54, 1.807) is 31.2 Å². The third-order valence-electron chi connectivity index (χ3n) is 2.92. The second kappa shape index (κ2) is 6.74. The van der Waals surface area contributed by atoms with Crippen LogP contribution in [0, 0.1) is 5.92 Å². The molecule has 0 radical (unpaired) electrons. The lowest BCUT2D eigenvalue weighted by molar-refractivity contribution is 0.0949. The first kappa shape index (κ1) is 16.5. The third kappa shape index (κ3) is 4.23.